The number of aryl methyl sites for hydroxylation is 1. The largest absolute Gasteiger partial charge is 0.494 e. The quantitative estimate of drug-likeness (QED) is 0.651. The van der Waals surface area contributed by atoms with Gasteiger partial charge in [-0.25, -0.2) is 4.39 Å². The lowest BCUT2D eigenvalue weighted by Gasteiger charge is -2.19. The molecule has 4 heteroatoms. The number of benzene rings is 2. The first kappa shape index (κ1) is 14.5. The Kier molecular flexibility index (Phi) is 4.71. The molecule has 2 rings (SSSR count). The predicted molar refractivity (Wildman–Crippen MR) is 77.9 cm³/mol. The third-order valence-electron chi connectivity index (χ3n) is 3.47. The number of hydrogen-bond donors (Lipinski definition) is 2. The molecular formula is C16H19FN2O. The summed E-state index contributed by atoms with van der Waals surface area (Å²) in [5, 5.41) is 0. The van der Waals surface area contributed by atoms with Crippen molar-refractivity contribution in [3.8, 4) is 5.75 Å². The van der Waals surface area contributed by atoms with Crippen molar-refractivity contribution < 1.29 is 9.13 Å². The van der Waals surface area contributed by atoms with E-state index in [-0.39, 0.29) is 17.6 Å². The Morgan fingerprint density at radius 2 is 1.95 bits per heavy atom. The van der Waals surface area contributed by atoms with Gasteiger partial charge in [0.15, 0.2) is 11.6 Å². The van der Waals surface area contributed by atoms with Crippen LogP contribution in [-0.4, -0.2) is 7.11 Å². The molecule has 3 N–H and O–H groups in total. The van der Waals surface area contributed by atoms with Gasteiger partial charge < -0.3 is 4.74 Å². The average Bonchev–Trinajstić information content (AvgIpc) is 2.47. The van der Waals surface area contributed by atoms with Gasteiger partial charge >= 0.3 is 0 Å². The second kappa shape index (κ2) is 6.50. The van der Waals surface area contributed by atoms with Gasteiger partial charge in [0.05, 0.1) is 13.2 Å². The van der Waals surface area contributed by atoms with Crippen molar-refractivity contribution >= 4 is 0 Å². The second-order valence-electron chi connectivity index (χ2n) is 4.71. The number of methoxy groups -OCH3 is 1. The van der Waals surface area contributed by atoms with Gasteiger partial charge in [-0.15, -0.1) is 0 Å². The monoisotopic (exact) mass is 274 g/mol. The summed E-state index contributed by atoms with van der Waals surface area (Å²) in [5.74, 6) is 5.47. The highest BCUT2D eigenvalue weighted by Gasteiger charge is 2.18. The number of hydrazine groups is 1. The Bertz CT molecular complexity index is 586. The first-order chi connectivity index (χ1) is 9.67. The topological polar surface area (TPSA) is 47.3 Å². The van der Waals surface area contributed by atoms with Crippen LogP contribution in [0.2, 0.25) is 0 Å². The lowest BCUT2D eigenvalue weighted by molar-refractivity contribution is 0.379. The van der Waals surface area contributed by atoms with Crippen molar-refractivity contribution in [3.63, 3.8) is 0 Å². The third kappa shape index (κ3) is 2.98. The minimum absolute atomic E-state index is 0.229. The summed E-state index contributed by atoms with van der Waals surface area (Å²) in [6, 6.07) is 12.8. The molecule has 1 atom stereocenters. The molecule has 20 heavy (non-hydrogen) atoms. The molecule has 0 spiro atoms. The van der Waals surface area contributed by atoms with E-state index in [9.17, 15) is 4.39 Å². The van der Waals surface area contributed by atoms with Gasteiger partial charge in [0.1, 0.15) is 0 Å². The second-order valence-corrected chi connectivity index (χ2v) is 4.71. The van der Waals surface area contributed by atoms with E-state index in [1.807, 2.05) is 31.2 Å². The Hall–Kier alpha value is -1.91. The van der Waals surface area contributed by atoms with E-state index in [1.54, 1.807) is 18.2 Å². The molecule has 1 unspecified atom stereocenters. The molecular weight excluding hydrogens is 255 g/mol. The Morgan fingerprint density at radius 1 is 1.20 bits per heavy atom. The minimum Gasteiger partial charge on any atom is -0.494 e. The summed E-state index contributed by atoms with van der Waals surface area (Å²) >= 11 is 0. The van der Waals surface area contributed by atoms with Crippen molar-refractivity contribution in [1.82, 2.24) is 5.43 Å². The van der Waals surface area contributed by atoms with Crippen LogP contribution in [0.25, 0.3) is 0 Å². The van der Waals surface area contributed by atoms with Gasteiger partial charge in [0.2, 0.25) is 0 Å². The third-order valence-corrected chi connectivity index (χ3v) is 3.47. The van der Waals surface area contributed by atoms with Crippen LogP contribution in [0.4, 0.5) is 4.39 Å². The van der Waals surface area contributed by atoms with E-state index in [1.165, 1.54) is 7.11 Å². The SMILES string of the molecule is COc1cccc(C(Cc2ccccc2C)NN)c1F. The molecule has 0 radical (unpaired) electrons. The van der Waals surface area contributed by atoms with Crippen LogP contribution in [0.5, 0.6) is 5.75 Å². The fourth-order valence-corrected chi connectivity index (χ4v) is 2.27. The van der Waals surface area contributed by atoms with Crippen LogP contribution in [0, 0.1) is 12.7 Å². The van der Waals surface area contributed by atoms with Crippen LogP contribution < -0.4 is 16.0 Å². The van der Waals surface area contributed by atoms with Gasteiger partial charge in [-0.05, 0) is 30.5 Å². The zero-order chi connectivity index (χ0) is 14.5. The maximum Gasteiger partial charge on any atom is 0.169 e. The lowest BCUT2D eigenvalue weighted by atomic mass is 9.96. The molecule has 3 nitrogen and oxygen atoms in total. The summed E-state index contributed by atoms with van der Waals surface area (Å²) in [7, 11) is 1.45. The summed E-state index contributed by atoms with van der Waals surface area (Å²) in [4.78, 5) is 0. The van der Waals surface area contributed by atoms with E-state index >= 15 is 0 Å². The fraction of sp³-hybridized carbons (Fsp3) is 0.250. The number of hydrogen-bond acceptors (Lipinski definition) is 3. The summed E-state index contributed by atoms with van der Waals surface area (Å²) in [5.41, 5.74) is 5.50. The normalized spacial score (nSPS) is 12.2. The summed E-state index contributed by atoms with van der Waals surface area (Å²) < 4.78 is 19.3. The summed E-state index contributed by atoms with van der Waals surface area (Å²) in [6.45, 7) is 2.03. The van der Waals surface area contributed by atoms with Crippen LogP contribution in [0.3, 0.4) is 0 Å². The molecule has 0 aliphatic carbocycles. The molecule has 0 aromatic heterocycles. The van der Waals surface area contributed by atoms with E-state index in [4.69, 9.17) is 10.6 Å². The smallest absolute Gasteiger partial charge is 0.169 e. The number of ether oxygens (including phenoxy) is 1. The molecule has 2 aromatic carbocycles. The molecule has 0 heterocycles. The number of halogens is 1. The number of nitrogens with two attached hydrogens (primary N) is 1. The van der Waals surface area contributed by atoms with Crippen molar-refractivity contribution in [1.29, 1.82) is 0 Å². The average molecular weight is 274 g/mol. The molecule has 0 saturated heterocycles. The van der Waals surface area contributed by atoms with E-state index in [2.05, 4.69) is 5.43 Å². The van der Waals surface area contributed by atoms with E-state index in [0.29, 0.717) is 12.0 Å². The maximum absolute atomic E-state index is 14.3. The molecule has 0 amide bonds. The van der Waals surface area contributed by atoms with E-state index < -0.39 is 0 Å². The van der Waals surface area contributed by atoms with Crippen molar-refractivity contribution in [2.45, 2.75) is 19.4 Å². The van der Waals surface area contributed by atoms with Gasteiger partial charge in [-0.3, -0.25) is 11.3 Å². The maximum atomic E-state index is 14.3. The molecule has 0 aliphatic heterocycles. The minimum atomic E-state index is -0.369. The van der Waals surface area contributed by atoms with Gasteiger partial charge in [-0.2, -0.15) is 0 Å². The highest BCUT2D eigenvalue weighted by molar-refractivity contribution is 5.35. The van der Waals surface area contributed by atoms with Crippen LogP contribution in [-0.2, 0) is 6.42 Å². The van der Waals surface area contributed by atoms with Crippen molar-refractivity contribution in [3.05, 3.63) is 65.0 Å². The molecule has 0 bridgehead atoms. The molecule has 0 saturated carbocycles. The zero-order valence-electron chi connectivity index (χ0n) is 11.7. The predicted octanol–water partition coefficient (Wildman–Crippen LogP) is 2.89. The number of nitrogens with one attached hydrogen (secondary N) is 1. The fourth-order valence-electron chi connectivity index (χ4n) is 2.27. The van der Waals surface area contributed by atoms with Gasteiger partial charge in [0.25, 0.3) is 0 Å². The van der Waals surface area contributed by atoms with Crippen LogP contribution in [0.15, 0.2) is 42.5 Å². The van der Waals surface area contributed by atoms with Gasteiger partial charge in [-0.1, -0.05) is 36.4 Å². The molecule has 2 aromatic rings. The van der Waals surface area contributed by atoms with E-state index in [0.717, 1.165) is 11.1 Å². The highest BCUT2D eigenvalue weighted by Crippen LogP contribution is 2.27. The standard InChI is InChI=1S/C16H19FN2O/c1-11-6-3-4-7-12(11)10-14(19-18)13-8-5-9-15(20-2)16(13)17/h3-9,14,19H,10,18H2,1-2H3. The highest BCUT2D eigenvalue weighted by atomic mass is 19.1. The lowest BCUT2D eigenvalue weighted by Crippen LogP contribution is -2.30. The Labute approximate surface area is 118 Å². The van der Waals surface area contributed by atoms with Crippen molar-refractivity contribution in [2.75, 3.05) is 7.11 Å². The van der Waals surface area contributed by atoms with Gasteiger partial charge in [0, 0.05) is 5.56 Å². The van der Waals surface area contributed by atoms with Crippen LogP contribution >= 0.6 is 0 Å². The van der Waals surface area contributed by atoms with Crippen LogP contribution in [0.1, 0.15) is 22.7 Å². The summed E-state index contributed by atoms with van der Waals surface area (Å²) in [6.07, 6.45) is 0.618. The number of rotatable bonds is 5. The Morgan fingerprint density at radius 3 is 2.60 bits per heavy atom. The first-order valence-corrected chi connectivity index (χ1v) is 6.50. The Balaban J connectivity index is 2.32. The first-order valence-electron chi connectivity index (χ1n) is 6.50. The molecule has 0 fully saturated rings. The molecule has 106 valence electrons. The molecule has 0 aliphatic rings. The zero-order valence-corrected chi connectivity index (χ0v) is 11.7. The van der Waals surface area contributed by atoms with Crippen molar-refractivity contribution in [2.24, 2.45) is 5.84 Å².